The fourth-order valence-electron chi connectivity index (χ4n) is 1.79. The largest absolute Gasteiger partial charge is 0.461 e. The van der Waals surface area contributed by atoms with Crippen molar-refractivity contribution in [2.45, 2.75) is 26.7 Å². The number of nitrogens with one attached hydrogen (secondary N) is 1. The Hall–Kier alpha value is -1.88. The topological polar surface area (TPSA) is 51.2 Å². The number of hydrogen-bond donors (Lipinski definition) is 1. The van der Waals surface area contributed by atoms with Gasteiger partial charge in [0, 0.05) is 5.69 Å². The van der Waals surface area contributed by atoms with Gasteiger partial charge in [-0.3, -0.25) is 0 Å². The molecular weight excluding hydrogens is 272 g/mol. The fraction of sp³-hybridized carbons (Fsp3) is 0.333. The second-order valence-electron chi connectivity index (χ2n) is 4.66. The second kappa shape index (κ2) is 6.52. The normalized spacial score (nSPS) is 10.6. The molecule has 0 unspecified atom stereocenters. The van der Waals surface area contributed by atoms with Crippen molar-refractivity contribution < 1.29 is 9.53 Å². The summed E-state index contributed by atoms with van der Waals surface area (Å²) in [5.74, 6) is 0.0685. The van der Waals surface area contributed by atoms with Gasteiger partial charge in [-0.05, 0) is 30.5 Å². The van der Waals surface area contributed by atoms with Crippen molar-refractivity contribution in [2.24, 2.45) is 0 Å². The number of hydrogen-bond acceptors (Lipinski definition) is 5. The Bertz CT molecular complexity index is 593. The molecule has 1 aromatic heterocycles. The van der Waals surface area contributed by atoms with Gasteiger partial charge in [-0.15, -0.1) is 11.3 Å². The Kier molecular flexibility index (Phi) is 4.74. The van der Waals surface area contributed by atoms with E-state index >= 15 is 0 Å². The van der Waals surface area contributed by atoms with Crippen molar-refractivity contribution in [2.75, 3.05) is 11.9 Å². The van der Waals surface area contributed by atoms with Gasteiger partial charge >= 0.3 is 5.97 Å². The van der Waals surface area contributed by atoms with Crippen molar-refractivity contribution >= 4 is 28.0 Å². The molecule has 1 aromatic carbocycles. The van der Waals surface area contributed by atoms with E-state index in [9.17, 15) is 4.79 Å². The number of esters is 1. The van der Waals surface area contributed by atoms with Crippen LogP contribution in [0.25, 0.3) is 0 Å². The Labute approximate surface area is 122 Å². The van der Waals surface area contributed by atoms with Crippen LogP contribution >= 0.6 is 11.3 Å². The number of rotatable bonds is 5. The molecule has 2 aromatic rings. The molecule has 2 rings (SSSR count). The van der Waals surface area contributed by atoms with Crippen LogP contribution in [0.2, 0.25) is 0 Å². The number of benzene rings is 1. The van der Waals surface area contributed by atoms with Gasteiger partial charge in [0.1, 0.15) is 5.00 Å². The van der Waals surface area contributed by atoms with Gasteiger partial charge in [-0.25, -0.2) is 9.78 Å². The van der Waals surface area contributed by atoms with Crippen molar-refractivity contribution in [3.8, 4) is 0 Å². The maximum absolute atomic E-state index is 11.8. The Balaban J connectivity index is 2.20. The molecule has 0 aliphatic carbocycles. The Morgan fingerprint density at radius 2 is 2.25 bits per heavy atom. The summed E-state index contributed by atoms with van der Waals surface area (Å²) in [6.45, 7) is 6.42. The maximum atomic E-state index is 11.8. The smallest absolute Gasteiger partial charge is 0.360 e. The molecule has 0 saturated carbocycles. The van der Waals surface area contributed by atoms with Crippen LogP contribution in [-0.2, 0) is 4.74 Å². The minimum absolute atomic E-state index is 0.340. The zero-order valence-electron chi connectivity index (χ0n) is 11.8. The molecule has 0 spiro atoms. The van der Waals surface area contributed by atoms with Crippen LogP contribution in [0.3, 0.4) is 0 Å². The first-order valence-corrected chi connectivity index (χ1v) is 7.47. The Morgan fingerprint density at radius 3 is 2.95 bits per heavy atom. The van der Waals surface area contributed by atoms with E-state index in [1.807, 2.05) is 12.1 Å². The summed E-state index contributed by atoms with van der Waals surface area (Å²) in [4.78, 5) is 15.8. The average molecular weight is 290 g/mol. The molecule has 5 heteroatoms. The molecule has 0 atom stereocenters. The van der Waals surface area contributed by atoms with E-state index in [1.54, 1.807) is 12.4 Å². The van der Waals surface area contributed by atoms with Crippen LogP contribution in [-0.4, -0.2) is 17.6 Å². The van der Waals surface area contributed by atoms with Gasteiger partial charge in [0.05, 0.1) is 12.1 Å². The van der Waals surface area contributed by atoms with Crippen molar-refractivity contribution in [1.29, 1.82) is 0 Å². The number of carbonyl (C=O) groups is 1. The maximum Gasteiger partial charge on any atom is 0.360 e. The van der Waals surface area contributed by atoms with Gasteiger partial charge in [0.25, 0.3) is 0 Å². The van der Waals surface area contributed by atoms with E-state index in [4.69, 9.17) is 4.74 Å². The first-order valence-electron chi connectivity index (χ1n) is 6.59. The van der Waals surface area contributed by atoms with Crippen molar-refractivity contribution in [1.82, 2.24) is 4.98 Å². The lowest BCUT2D eigenvalue weighted by Gasteiger charge is -2.10. The highest BCUT2D eigenvalue weighted by Crippen LogP contribution is 2.27. The summed E-state index contributed by atoms with van der Waals surface area (Å²) in [6, 6.07) is 8.15. The number of carbonyl (C=O) groups excluding carboxylic acids is 1. The van der Waals surface area contributed by atoms with Gasteiger partial charge in [0.15, 0.2) is 5.69 Å². The van der Waals surface area contributed by atoms with E-state index in [0.29, 0.717) is 23.2 Å². The molecule has 0 saturated heterocycles. The molecule has 4 nitrogen and oxygen atoms in total. The zero-order chi connectivity index (χ0) is 14.5. The van der Waals surface area contributed by atoms with Gasteiger partial charge in [-0.2, -0.15) is 0 Å². The van der Waals surface area contributed by atoms with E-state index in [2.05, 4.69) is 36.3 Å². The monoisotopic (exact) mass is 290 g/mol. The SMILES string of the molecule is CCOC(=O)c1ncsc1Nc1cccc(C(C)C)c1. The van der Waals surface area contributed by atoms with Crippen LogP contribution in [0.5, 0.6) is 0 Å². The summed E-state index contributed by atoms with van der Waals surface area (Å²) in [5.41, 5.74) is 4.18. The fourth-order valence-corrected chi connectivity index (χ4v) is 2.47. The highest BCUT2D eigenvalue weighted by Gasteiger charge is 2.16. The minimum Gasteiger partial charge on any atom is -0.461 e. The van der Waals surface area contributed by atoms with Crippen LogP contribution in [0.4, 0.5) is 10.7 Å². The lowest BCUT2D eigenvalue weighted by Crippen LogP contribution is -2.07. The third kappa shape index (κ3) is 3.36. The lowest BCUT2D eigenvalue weighted by molar-refractivity contribution is 0.0521. The van der Waals surface area contributed by atoms with Gasteiger partial charge in [0.2, 0.25) is 0 Å². The summed E-state index contributed by atoms with van der Waals surface area (Å²) in [5, 5.41) is 3.95. The molecule has 1 heterocycles. The number of ether oxygens (including phenoxy) is 1. The van der Waals surface area contributed by atoms with Crippen molar-refractivity contribution in [3.63, 3.8) is 0 Å². The predicted molar refractivity (Wildman–Crippen MR) is 81.9 cm³/mol. The molecule has 106 valence electrons. The van der Waals surface area contributed by atoms with E-state index in [-0.39, 0.29) is 0 Å². The first-order chi connectivity index (χ1) is 9.61. The van der Waals surface area contributed by atoms with Crippen LogP contribution in [0, 0.1) is 0 Å². The molecule has 0 radical (unpaired) electrons. The van der Waals surface area contributed by atoms with Crippen LogP contribution in [0.15, 0.2) is 29.8 Å². The number of thiazole rings is 1. The lowest BCUT2D eigenvalue weighted by atomic mass is 10.0. The predicted octanol–water partition coefficient (Wildman–Crippen LogP) is 4.19. The minimum atomic E-state index is -0.392. The van der Waals surface area contributed by atoms with E-state index in [0.717, 1.165) is 5.69 Å². The summed E-state index contributed by atoms with van der Waals surface area (Å²) in [7, 11) is 0. The zero-order valence-corrected chi connectivity index (χ0v) is 12.7. The summed E-state index contributed by atoms with van der Waals surface area (Å²) >= 11 is 1.39. The third-order valence-electron chi connectivity index (χ3n) is 2.85. The molecule has 1 N–H and O–H groups in total. The van der Waals surface area contributed by atoms with Gasteiger partial charge < -0.3 is 10.1 Å². The molecule has 0 bridgehead atoms. The first kappa shape index (κ1) is 14.5. The van der Waals surface area contributed by atoms with E-state index < -0.39 is 5.97 Å². The molecule has 0 fully saturated rings. The Morgan fingerprint density at radius 1 is 1.45 bits per heavy atom. The molecule has 20 heavy (non-hydrogen) atoms. The van der Waals surface area contributed by atoms with E-state index in [1.165, 1.54) is 16.9 Å². The second-order valence-corrected chi connectivity index (χ2v) is 5.51. The standard InChI is InChI=1S/C15H18N2O2S/c1-4-19-15(18)13-14(20-9-16-13)17-12-7-5-6-11(8-12)10(2)3/h5-10,17H,4H2,1-3H3. The molecular formula is C15H18N2O2S. The van der Waals surface area contributed by atoms with Crippen LogP contribution in [0.1, 0.15) is 42.7 Å². The highest BCUT2D eigenvalue weighted by molar-refractivity contribution is 7.14. The highest BCUT2D eigenvalue weighted by atomic mass is 32.1. The van der Waals surface area contributed by atoms with Crippen molar-refractivity contribution in [3.05, 3.63) is 41.0 Å². The van der Waals surface area contributed by atoms with Crippen LogP contribution < -0.4 is 5.32 Å². The van der Waals surface area contributed by atoms with Gasteiger partial charge in [-0.1, -0.05) is 26.0 Å². The quantitative estimate of drug-likeness (QED) is 0.839. The average Bonchev–Trinajstić information content (AvgIpc) is 2.87. The summed E-state index contributed by atoms with van der Waals surface area (Å²) in [6.07, 6.45) is 0. The third-order valence-corrected chi connectivity index (χ3v) is 3.59. The number of aromatic nitrogens is 1. The summed E-state index contributed by atoms with van der Waals surface area (Å²) < 4.78 is 4.99. The number of anilines is 2. The molecule has 0 aliphatic rings. The number of nitrogens with zero attached hydrogens (tertiary/aromatic N) is 1. The molecule has 0 amide bonds. The molecule has 0 aliphatic heterocycles.